The number of sulfonamides is 1. The lowest BCUT2D eigenvalue weighted by molar-refractivity contribution is 0.155. The van der Waals surface area contributed by atoms with Crippen LogP contribution < -0.4 is 5.73 Å². The first kappa shape index (κ1) is 15.9. The molecule has 1 aromatic carbocycles. The van der Waals surface area contributed by atoms with Crippen LogP contribution in [0.15, 0.2) is 27.6 Å². The van der Waals surface area contributed by atoms with Crippen molar-refractivity contribution in [2.75, 3.05) is 13.1 Å². The first-order valence-corrected chi connectivity index (χ1v) is 8.59. The highest BCUT2D eigenvalue weighted by Crippen LogP contribution is 2.32. The van der Waals surface area contributed by atoms with Gasteiger partial charge in [-0.1, -0.05) is 13.8 Å². The van der Waals surface area contributed by atoms with Crippen LogP contribution in [-0.4, -0.2) is 31.9 Å². The third-order valence-electron chi connectivity index (χ3n) is 3.81. The van der Waals surface area contributed by atoms with E-state index in [1.54, 1.807) is 0 Å². The van der Waals surface area contributed by atoms with Gasteiger partial charge in [-0.15, -0.1) is 0 Å². The van der Waals surface area contributed by atoms with Crippen molar-refractivity contribution in [2.45, 2.75) is 31.2 Å². The quantitative estimate of drug-likeness (QED) is 0.875. The Bertz CT molecular complexity index is 619. The van der Waals surface area contributed by atoms with E-state index in [9.17, 15) is 12.8 Å². The number of halogens is 2. The fourth-order valence-electron chi connectivity index (χ4n) is 2.32. The van der Waals surface area contributed by atoms with Crippen molar-refractivity contribution in [2.24, 2.45) is 11.1 Å². The van der Waals surface area contributed by atoms with Crippen LogP contribution in [0.4, 0.5) is 4.39 Å². The molecule has 0 saturated carbocycles. The van der Waals surface area contributed by atoms with E-state index in [1.807, 2.05) is 13.8 Å². The molecule has 1 aliphatic heterocycles. The summed E-state index contributed by atoms with van der Waals surface area (Å²) in [5.74, 6) is -0.482. The summed E-state index contributed by atoms with van der Waals surface area (Å²) >= 11 is 3.02. The van der Waals surface area contributed by atoms with Crippen LogP contribution in [-0.2, 0) is 10.0 Å². The summed E-state index contributed by atoms with van der Waals surface area (Å²) in [4.78, 5) is 0.0945. The van der Waals surface area contributed by atoms with Crippen molar-refractivity contribution >= 4 is 26.0 Å². The molecule has 1 aliphatic rings. The lowest BCUT2D eigenvalue weighted by Crippen LogP contribution is -2.53. The number of benzene rings is 1. The molecule has 7 heteroatoms. The van der Waals surface area contributed by atoms with Gasteiger partial charge < -0.3 is 5.73 Å². The maximum atomic E-state index is 13.2. The summed E-state index contributed by atoms with van der Waals surface area (Å²) in [5.41, 5.74) is 5.75. The molecule has 2 rings (SSSR count). The van der Waals surface area contributed by atoms with E-state index in [2.05, 4.69) is 15.9 Å². The molecule has 1 aromatic rings. The van der Waals surface area contributed by atoms with E-state index in [-0.39, 0.29) is 20.8 Å². The molecule has 0 aliphatic carbocycles. The van der Waals surface area contributed by atoms with Gasteiger partial charge in [0.1, 0.15) is 5.82 Å². The van der Waals surface area contributed by atoms with Gasteiger partial charge in [-0.25, -0.2) is 12.8 Å². The Morgan fingerprint density at radius 2 is 2.10 bits per heavy atom. The van der Waals surface area contributed by atoms with Crippen molar-refractivity contribution in [3.05, 3.63) is 28.5 Å². The predicted molar refractivity (Wildman–Crippen MR) is 79.2 cm³/mol. The van der Waals surface area contributed by atoms with Gasteiger partial charge in [0.05, 0.1) is 9.37 Å². The van der Waals surface area contributed by atoms with E-state index < -0.39 is 15.8 Å². The number of nitrogens with two attached hydrogens (primary N) is 1. The molecule has 0 radical (unpaired) electrons. The monoisotopic (exact) mass is 364 g/mol. The maximum Gasteiger partial charge on any atom is 0.243 e. The Balaban J connectivity index is 2.33. The van der Waals surface area contributed by atoms with Gasteiger partial charge in [-0.2, -0.15) is 4.31 Å². The summed E-state index contributed by atoms with van der Waals surface area (Å²) in [6, 6.07) is 3.72. The van der Waals surface area contributed by atoms with Crippen molar-refractivity contribution in [1.29, 1.82) is 0 Å². The zero-order valence-electron chi connectivity index (χ0n) is 11.4. The summed E-state index contributed by atoms with van der Waals surface area (Å²) in [5, 5.41) is 0. The molecular weight excluding hydrogens is 347 g/mol. The minimum atomic E-state index is -3.61. The van der Waals surface area contributed by atoms with Gasteiger partial charge in [0, 0.05) is 19.1 Å². The number of rotatable bonds is 2. The Morgan fingerprint density at radius 3 is 2.65 bits per heavy atom. The third kappa shape index (κ3) is 2.90. The largest absolute Gasteiger partial charge is 0.327 e. The molecule has 2 N–H and O–H groups in total. The number of hydrogen-bond donors (Lipinski definition) is 1. The molecule has 4 nitrogen and oxygen atoms in total. The number of hydrogen-bond acceptors (Lipinski definition) is 3. The highest BCUT2D eigenvalue weighted by Gasteiger charge is 2.38. The van der Waals surface area contributed by atoms with E-state index in [1.165, 1.54) is 16.4 Å². The molecule has 1 atom stereocenters. The molecule has 112 valence electrons. The first-order chi connectivity index (χ1) is 9.14. The standard InChI is InChI=1S/C13H18BrFN2O2S/c1-13(2)8-17(6-5-12(13)16)20(18,19)9-3-4-11(15)10(14)7-9/h3-4,7,12H,5-6,8,16H2,1-2H3. The van der Waals surface area contributed by atoms with Crippen molar-refractivity contribution < 1.29 is 12.8 Å². The summed E-state index contributed by atoms with van der Waals surface area (Å²) in [6.45, 7) is 4.67. The fraction of sp³-hybridized carbons (Fsp3) is 0.538. The van der Waals surface area contributed by atoms with Crippen LogP contribution >= 0.6 is 15.9 Å². The minimum Gasteiger partial charge on any atom is -0.327 e. The van der Waals surface area contributed by atoms with Crippen LogP contribution in [0.1, 0.15) is 20.3 Å². The Kier molecular flexibility index (Phi) is 4.26. The summed E-state index contributed by atoms with van der Waals surface area (Å²) in [6.07, 6.45) is 0.620. The average molecular weight is 365 g/mol. The fourth-order valence-corrected chi connectivity index (χ4v) is 4.50. The number of nitrogens with zero attached hydrogens (tertiary/aromatic N) is 1. The Hall–Kier alpha value is -0.500. The van der Waals surface area contributed by atoms with Crippen molar-refractivity contribution in [3.63, 3.8) is 0 Å². The Labute approximate surface area is 127 Å². The normalized spacial score (nSPS) is 23.8. The van der Waals surface area contributed by atoms with Gasteiger partial charge in [-0.05, 0) is 46.0 Å². The second-order valence-electron chi connectivity index (χ2n) is 5.80. The lowest BCUT2D eigenvalue weighted by Gasteiger charge is -2.41. The van der Waals surface area contributed by atoms with Crippen LogP contribution in [0, 0.1) is 11.2 Å². The van der Waals surface area contributed by atoms with E-state index in [4.69, 9.17) is 5.73 Å². The average Bonchev–Trinajstić information content (AvgIpc) is 2.35. The molecule has 1 fully saturated rings. The zero-order valence-corrected chi connectivity index (χ0v) is 13.8. The van der Waals surface area contributed by atoms with E-state index in [0.717, 1.165) is 6.07 Å². The minimum absolute atomic E-state index is 0.0195. The number of piperidine rings is 1. The third-order valence-corrected chi connectivity index (χ3v) is 6.25. The zero-order chi connectivity index (χ0) is 15.1. The smallest absolute Gasteiger partial charge is 0.243 e. The molecule has 1 heterocycles. The topological polar surface area (TPSA) is 63.4 Å². The van der Waals surface area contributed by atoms with Crippen molar-refractivity contribution in [3.8, 4) is 0 Å². The van der Waals surface area contributed by atoms with Gasteiger partial charge >= 0.3 is 0 Å². The van der Waals surface area contributed by atoms with Crippen LogP contribution in [0.2, 0.25) is 0 Å². The van der Waals surface area contributed by atoms with Crippen LogP contribution in [0.25, 0.3) is 0 Å². The molecule has 20 heavy (non-hydrogen) atoms. The van der Waals surface area contributed by atoms with Gasteiger partial charge in [0.25, 0.3) is 0 Å². The van der Waals surface area contributed by atoms with E-state index >= 15 is 0 Å². The van der Waals surface area contributed by atoms with Crippen molar-refractivity contribution in [1.82, 2.24) is 4.31 Å². The second kappa shape index (κ2) is 5.36. The highest BCUT2D eigenvalue weighted by atomic mass is 79.9. The first-order valence-electron chi connectivity index (χ1n) is 6.35. The Morgan fingerprint density at radius 1 is 1.45 bits per heavy atom. The molecule has 1 unspecified atom stereocenters. The van der Waals surface area contributed by atoms with E-state index in [0.29, 0.717) is 19.5 Å². The van der Waals surface area contributed by atoms with Gasteiger partial charge in [0.2, 0.25) is 10.0 Å². The molecule has 0 bridgehead atoms. The SMILES string of the molecule is CC1(C)CN(S(=O)(=O)c2ccc(F)c(Br)c2)CCC1N. The molecule has 0 amide bonds. The lowest BCUT2D eigenvalue weighted by atomic mass is 9.81. The highest BCUT2D eigenvalue weighted by molar-refractivity contribution is 9.10. The van der Waals surface area contributed by atoms with Gasteiger partial charge in [-0.3, -0.25) is 0 Å². The van der Waals surface area contributed by atoms with Gasteiger partial charge in [0.15, 0.2) is 0 Å². The summed E-state index contributed by atoms with van der Waals surface area (Å²) < 4.78 is 40.0. The maximum absolute atomic E-state index is 13.2. The second-order valence-corrected chi connectivity index (χ2v) is 8.59. The van der Waals surface area contributed by atoms with Crippen LogP contribution in [0.3, 0.4) is 0 Å². The molecule has 1 saturated heterocycles. The molecule has 0 spiro atoms. The van der Waals surface area contributed by atoms with Crippen LogP contribution in [0.5, 0.6) is 0 Å². The molecular formula is C13H18BrFN2O2S. The summed E-state index contributed by atoms with van der Waals surface area (Å²) in [7, 11) is -3.61. The molecule has 0 aromatic heterocycles. The predicted octanol–water partition coefficient (Wildman–Crippen LogP) is 2.34.